The zero-order valence-electron chi connectivity index (χ0n) is 16.5. The minimum atomic E-state index is -0.238. The smallest absolute Gasteiger partial charge is 0.274 e. The summed E-state index contributed by atoms with van der Waals surface area (Å²) >= 11 is 0. The first kappa shape index (κ1) is 18.5. The number of ether oxygens (including phenoxy) is 1. The fourth-order valence-corrected chi connectivity index (χ4v) is 3.60. The summed E-state index contributed by atoms with van der Waals surface area (Å²) in [5.74, 6) is 0.740. The minimum Gasteiger partial charge on any atom is -0.368 e. The molecule has 0 radical (unpaired) electrons. The summed E-state index contributed by atoms with van der Waals surface area (Å²) in [6, 6.07) is 11.3. The Labute approximate surface area is 172 Å². The van der Waals surface area contributed by atoms with Crippen LogP contribution in [0.25, 0.3) is 17.0 Å². The Morgan fingerprint density at radius 3 is 3.03 bits per heavy atom. The number of nitrogens with zero attached hydrogens (tertiary/aromatic N) is 4. The van der Waals surface area contributed by atoms with E-state index >= 15 is 0 Å². The SMILES string of the molecule is Cc1ccc(-c2noc(C3CCCCO3)n2)cc1NC(=O)c1cnc2ccccn12. The molecule has 5 rings (SSSR count). The number of aryl methyl sites for hydroxylation is 1. The highest BCUT2D eigenvalue weighted by molar-refractivity contribution is 6.04. The number of carbonyl (C=O) groups is 1. The Kier molecular flexibility index (Phi) is 4.76. The molecule has 8 heteroatoms. The average molecular weight is 403 g/mol. The van der Waals surface area contributed by atoms with E-state index in [1.807, 2.05) is 49.5 Å². The van der Waals surface area contributed by atoms with Gasteiger partial charge in [-0.1, -0.05) is 23.4 Å². The molecule has 1 aromatic carbocycles. The molecule has 0 aliphatic carbocycles. The van der Waals surface area contributed by atoms with Crippen LogP contribution < -0.4 is 5.32 Å². The first-order valence-corrected chi connectivity index (χ1v) is 9.99. The number of fused-ring (bicyclic) bond motifs is 1. The molecule has 0 spiro atoms. The lowest BCUT2D eigenvalue weighted by atomic mass is 10.1. The van der Waals surface area contributed by atoms with Crippen molar-refractivity contribution in [3.63, 3.8) is 0 Å². The number of imidazole rings is 1. The number of benzene rings is 1. The summed E-state index contributed by atoms with van der Waals surface area (Å²) in [6.45, 7) is 2.65. The number of nitrogens with one attached hydrogen (secondary N) is 1. The van der Waals surface area contributed by atoms with Crippen LogP contribution in [-0.2, 0) is 4.74 Å². The van der Waals surface area contributed by atoms with E-state index in [0.717, 1.165) is 36.0 Å². The van der Waals surface area contributed by atoms with Gasteiger partial charge >= 0.3 is 0 Å². The molecule has 1 atom stereocenters. The molecule has 8 nitrogen and oxygen atoms in total. The Morgan fingerprint density at radius 1 is 1.23 bits per heavy atom. The molecule has 0 bridgehead atoms. The predicted molar refractivity (Wildman–Crippen MR) is 110 cm³/mol. The number of hydrogen-bond acceptors (Lipinski definition) is 6. The van der Waals surface area contributed by atoms with Crippen LogP contribution in [0.4, 0.5) is 5.69 Å². The second-order valence-electron chi connectivity index (χ2n) is 7.37. The third-order valence-corrected chi connectivity index (χ3v) is 5.29. The Bertz CT molecular complexity index is 1210. The maximum atomic E-state index is 12.9. The highest BCUT2D eigenvalue weighted by atomic mass is 16.5. The van der Waals surface area contributed by atoms with Gasteiger partial charge in [0, 0.05) is 24.1 Å². The fraction of sp³-hybridized carbons (Fsp3) is 0.273. The molecular formula is C22H21N5O3. The van der Waals surface area contributed by atoms with Gasteiger partial charge in [-0.3, -0.25) is 9.20 Å². The molecule has 3 aromatic heterocycles. The van der Waals surface area contributed by atoms with Gasteiger partial charge in [0.15, 0.2) is 0 Å². The predicted octanol–water partition coefficient (Wildman–Crippen LogP) is 4.19. The van der Waals surface area contributed by atoms with Crippen molar-refractivity contribution in [2.24, 2.45) is 0 Å². The summed E-state index contributed by atoms with van der Waals surface area (Å²) in [7, 11) is 0. The van der Waals surface area contributed by atoms with Crippen LogP contribution in [0.15, 0.2) is 53.3 Å². The van der Waals surface area contributed by atoms with Gasteiger partial charge in [0.25, 0.3) is 11.8 Å². The lowest BCUT2D eigenvalue weighted by molar-refractivity contribution is -0.00459. The summed E-state index contributed by atoms with van der Waals surface area (Å²) in [4.78, 5) is 21.7. The van der Waals surface area contributed by atoms with E-state index in [1.54, 1.807) is 10.6 Å². The second-order valence-corrected chi connectivity index (χ2v) is 7.37. The number of carbonyl (C=O) groups excluding carboxylic acids is 1. The molecule has 4 aromatic rings. The van der Waals surface area contributed by atoms with Gasteiger partial charge in [-0.2, -0.15) is 4.98 Å². The quantitative estimate of drug-likeness (QED) is 0.549. The van der Waals surface area contributed by atoms with E-state index in [0.29, 0.717) is 29.7 Å². The van der Waals surface area contributed by atoms with E-state index < -0.39 is 0 Å². The van der Waals surface area contributed by atoms with Crippen molar-refractivity contribution >= 4 is 17.2 Å². The Balaban J connectivity index is 1.40. The van der Waals surface area contributed by atoms with Gasteiger partial charge in [0.2, 0.25) is 5.82 Å². The van der Waals surface area contributed by atoms with Crippen molar-refractivity contribution in [2.75, 3.05) is 11.9 Å². The highest BCUT2D eigenvalue weighted by Gasteiger charge is 2.23. The van der Waals surface area contributed by atoms with Crippen molar-refractivity contribution < 1.29 is 14.1 Å². The lowest BCUT2D eigenvalue weighted by Crippen LogP contribution is -2.15. The normalized spacial score (nSPS) is 16.6. The fourth-order valence-electron chi connectivity index (χ4n) is 3.60. The van der Waals surface area contributed by atoms with Gasteiger partial charge in [-0.15, -0.1) is 0 Å². The number of amides is 1. The largest absolute Gasteiger partial charge is 0.368 e. The zero-order chi connectivity index (χ0) is 20.5. The van der Waals surface area contributed by atoms with Crippen LogP contribution in [0, 0.1) is 6.92 Å². The van der Waals surface area contributed by atoms with Crippen molar-refractivity contribution in [3.8, 4) is 11.4 Å². The molecule has 1 N–H and O–H groups in total. The summed E-state index contributed by atoms with van der Waals surface area (Å²) in [5, 5.41) is 7.08. The van der Waals surface area contributed by atoms with E-state index in [9.17, 15) is 4.79 Å². The first-order valence-electron chi connectivity index (χ1n) is 9.99. The number of anilines is 1. The Morgan fingerprint density at radius 2 is 2.17 bits per heavy atom. The topological polar surface area (TPSA) is 94.5 Å². The molecule has 1 saturated heterocycles. The molecule has 1 aliphatic rings. The summed E-state index contributed by atoms with van der Waals surface area (Å²) in [5.41, 5.74) is 3.56. The molecule has 1 amide bonds. The summed E-state index contributed by atoms with van der Waals surface area (Å²) in [6.07, 6.45) is 6.28. The average Bonchev–Trinajstić information content (AvgIpc) is 3.43. The highest BCUT2D eigenvalue weighted by Crippen LogP contribution is 2.29. The van der Waals surface area contributed by atoms with Gasteiger partial charge in [0.05, 0.1) is 6.20 Å². The number of aromatic nitrogens is 4. The van der Waals surface area contributed by atoms with Crippen LogP contribution in [0.5, 0.6) is 0 Å². The molecule has 152 valence electrons. The van der Waals surface area contributed by atoms with Gasteiger partial charge in [-0.25, -0.2) is 4.98 Å². The van der Waals surface area contributed by atoms with E-state index in [4.69, 9.17) is 9.26 Å². The van der Waals surface area contributed by atoms with Crippen molar-refractivity contribution in [1.29, 1.82) is 0 Å². The molecule has 1 aliphatic heterocycles. The molecule has 1 unspecified atom stereocenters. The minimum absolute atomic E-state index is 0.139. The lowest BCUT2D eigenvalue weighted by Gasteiger charge is -2.18. The second kappa shape index (κ2) is 7.72. The summed E-state index contributed by atoms with van der Waals surface area (Å²) < 4.78 is 12.9. The third kappa shape index (κ3) is 3.46. The zero-order valence-corrected chi connectivity index (χ0v) is 16.5. The standard InChI is InChI=1S/C22H21N5O3/c1-14-8-9-15(20-25-22(30-26-20)18-6-3-5-11-29-18)12-16(14)24-21(28)17-13-23-19-7-2-4-10-27(17)19/h2,4,7-10,12-13,18H,3,5-6,11H2,1H3,(H,24,28). The van der Waals surface area contributed by atoms with Crippen LogP contribution in [-0.4, -0.2) is 32.0 Å². The first-order chi connectivity index (χ1) is 14.7. The van der Waals surface area contributed by atoms with Crippen LogP contribution >= 0.6 is 0 Å². The molecule has 4 heterocycles. The van der Waals surface area contributed by atoms with E-state index in [1.165, 1.54) is 0 Å². The Hall–Kier alpha value is -3.52. The van der Waals surface area contributed by atoms with E-state index in [-0.39, 0.29) is 12.0 Å². The molecule has 1 fully saturated rings. The van der Waals surface area contributed by atoms with Gasteiger partial charge < -0.3 is 14.6 Å². The molecule has 0 saturated carbocycles. The maximum absolute atomic E-state index is 12.9. The maximum Gasteiger partial charge on any atom is 0.274 e. The van der Waals surface area contributed by atoms with Gasteiger partial charge in [0.1, 0.15) is 17.4 Å². The van der Waals surface area contributed by atoms with Gasteiger partial charge in [-0.05, 0) is 49.9 Å². The number of rotatable bonds is 4. The van der Waals surface area contributed by atoms with Crippen molar-refractivity contribution in [2.45, 2.75) is 32.3 Å². The van der Waals surface area contributed by atoms with E-state index in [2.05, 4.69) is 20.4 Å². The monoisotopic (exact) mass is 403 g/mol. The molecular weight excluding hydrogens is 382 g/mol. The van der Waals surface area contributed by atoms with Crippen LogP contribution in [0.3, 0.4) is 0 Å². The van der Waals surface area contributed by atoms with Crippen molar-refractivity contribution in [1.82, 2.24) is 19.5 Å². The van der Waals surface area contributed by atoms with Crippen LogP contribution in [0.1, 0.15) is 47.3 Å². The number of pyridine rings is 1. The third-order valence-electron chi connectivity index (χ3n) is 5.29. The molecule has 30 heavy (non-hydrogen) atoms. The van der Waals surface area contributed by atoms with Crippen LogP contribution in [0.2, 0.25) is 0 Å². The van der Waals surface area contributed by atoms with Crippen molar-refractivity contribution in [3.05, 3.63) is 65.9 Å². The number of hydrogen-bond donors (Lipinski definition) is 1.